The lowest BCUT2D eigenvalue weighted by atomic mass is 10.0. The number of hydrogen-bond donors (Lipinski definition) is 0. The highest BCUT2D eigenvalue weighted by atomic mass is 19.1. The van der Waals surface area contributed by atoms with Gasteiger partial charge in [0.2, 0.25) is 0 Å². The first-order valence-corrected chi connectivity index (χ1v) is 3.84. The zero-order valence-corrected chi connectivity index (χ0v) is 7.12. The number of rotatable bonds is 2. The Bertz CT molecular complexity index is 350. The molecular formula is C10H8FNO. The van der Waals surface area contributed by atoms with E-state index in [0.29, 0.717) is 5.56 Å². The van der Waals surface area contributed by atoms with Crippen molar-refractivity contribution in [3.63, 3.8) is 0 Å². The van der Waals surface area contributed by atoms with E-state index in [1.54, 1.807) is 0 Å². The van der Waals surface area contributed by atoms with E-state index in [1.165, 1.54) is 31.2 Å². The van der Waals surface area contributed by atoms with Crippen molar-refractivity contribution in [1.82, 2.24) is 0 Å². The zero-order valence-electron chi connectivity index (χ0n) is 7.12. The predicted octanol–water partition coefficient (Wildman–Crippen LogP) is 2.17. The van der Waals surface area contributed by atoms with Crippen LogP contribution in [0.1, 0.15) is 17.3 Å². The molecule has 1 rings (SSSR count). The lowest BCUT2D eigenvalue weighted by molar-refractivity contribution is 0.0956. The van der Waals surface area contributed by atoms with Gasteiger partial charge in [-0.1, -0.05) is 0 Å². The van der Waals surface area contributed by atoms with Gasteiger partial charge in [0.1, 0.15) is 11.7 Å². The van der Waals surface area contributed by atoms with Gasteiger partial charge in [-0.15, -0.1) is 0 Å². The van der Waals surface area contributed by atoms with Crippen molar-refractivity contribution in [3.05, 3.63) is 35.6 Å². The van der Waals surface area contributed by atoms with Gasteiger partial charge in [0.05, 0.1) is 6.07 Å². The van der Waals surface area contributed by atoms with E-state index >= 15 is 0 Å². The van der Waals surface area contributed by atoms with Crippen LogP contribution in [0.3, 0.4) is 0 Å². The van der Waals surface area contributed by atoms with Crippen LogP contribution in [0.4, 0.5) is 4.39 Å². The molecule has 2 nitrogen and oxygen atoms in total. The van der Waals surface area contributed by atoms with Crippen molar-refractivity contribution >= 4 is 5.78 Å². The average Bonchev–Trinajstić information content (AvgIpc) is 2.17. The second-order valence-electron chi connectivity index (χ2n) is 2.72. The fourth-order valence-electron chi connectivity index (χ4n) is 0.923. The normalized spacial score (nSPS) is 11.8. The molecule has 0 aliphatic carbocycles. The van der Waals surface area contributed by atoms with Gasteiger partial charge in [-0.05, 0) is 31.2 Å². The van der Waals surface area contributed by atoms with E-state index in [9.17, 15) is 9.18 Å². The topological polar surface area (TPSA) is 40.9 Å². The van der Waals surface area contributed by atoms with Crippen LogP contribution in [0.15, 0.2) is 24.3 Å². The van der Waals surface area contributed by atoms with E-state index in [4.69, 9.17) is 5.26 Å². The molecule has 0 amide bonds. The number of nitrogens with zero attached hydrogens (tertiary/aromatic N) is 1. The molecule has 0 radical (unpaired) electrons. The molecule has 0 N–H and O–H groups in total. The summed E-state index contributed by atoms with van der Waals surface area (Å²) in [5, 5.41) is 8.48. The number of hydrogen-bond acceptors (Lipinski definition) is 2. The van der Waals surface area contributed by atoms with Gasteiger partial charge >= 0.3 is 0 Å². The van der Waals surface area contributed by atoms with Gasteiger partial charge in [0, 0.05) is 5.56 Å². The first kappa shape index (κ1) is 9.40. The van der Waals surface area contributed by atoms with Gasteiger partial charge < -0.3 is 0 Å². The highest BCUT2D eigenvalue weighted by molar-refractivity contribution is 5.99. The fourth-order valence-corrected chi connectivity index (χ4v) is 0.923. The third kappa shape index (κ3) is 2.12. The Balaban J connectivity index is 2.91. The lowest BCUT2D eigenvalue weighted by Crippen LogP contribution is -2.08. The summed E-state index contributed by atoms with van der Waals surface area (Å²) in [6.45, 7) is 1.52. The van der Waals surface area contributed by atoms with Crippen molar-refractivity contribution in [2.24, 2.45) is 5.92 Å². The summed E-state index contributed by atoms with van der Waals surface area (Å²) in [6.07, 6.45) is 0. The molecule has 0 bridgehead atoms. The molecule has 13 heavy (non-hydrogen) atoms. The van der Waals surface area contributed by atoms with E-state index in [1.807, 2.05) is 6.07 Å². The van der Waals surface area contributed by atoms with Crippen molar-refractivity contribution in [1.29, 1.82) is 5.26 Å². The Kier molecular flexibility index (Phi) is 2.76. The van der Waals surface area contributed by atoms with Crippen LogP contribution in [0.2, 0.25) is 0 Å². The number of benzene rings is 1. The minimum absolute atomic E-state index is 0.275. The molecule has 0 unspecified atom stereocenters. The summed E-state index contributed by atoms with van der Waals surface area (Å²) in [6, 6.07) is 7.01. The summed E-state index contributed by atoms with van der Waals surface area (Å²) in [4.78, 5) is 11.3. The Labute approximate surface area is 75.6 Å². The smallest absolute Gasteiger partial charge is 0.179 e. The Hall–Kier alpha value is -1.69. The first-order chi connectivity index (χ1) is 6.15. The van der Waals surface area contributed by atoms with Gasteiger partial charge in [0.15, 0.2) is 5.78 Å². The van der Waals surface area contributed by atoms with E-state index in [-0.39, 0.29) is 11.6 Å². The maximum absolute atomic E-state index is 12.5. The summed E-state index contributed by atoms with van der Waals surface area (Å²) < 4.78 is 12.5. The van der Waals surface area contributed by atoms with Crippen LogP contribution in [0, 0.1) is 23.1 Å². The average molecular weight is 177 g/mol. The summed E-state index contributed by atoms with van der Waals surface area (Å²) in [5.74, 6) is -1.34. The van der Waals surface area contributed by atoms with Gasteiger partial charge in [-0.2, -0.15) is 5.26 Å². The number of carbonyl (C=O) groups is 1. The molecular weight excluding hydrogens is 169 g/mol. The van der Waals surface area contributed by atoms with Gasteiger partial charge in [-0.3, -0.25) is 4.79 Å². The SMILES string of the molecule is C[C@H](C#N)C(=O)c1ccc(F)cc1. The summed E-state index contributed by atoms with van der Waals surface area (Å²) in [7, 11) is 0. The molecule has 0 aromatic heterocycles. The summed E-state index contributed by atoms with van der Waals surface area (Å²) >= 11 is 0. The van der Waals surface area contributed by atoms with Crippen molar-refractivity contribution in [2.45, 2.75) is 6.92 Å². The van der Waals surface area contributed by atoms with Gasteiger partial charge in [-0.25, -0.2) is 4.39 Å². The molecule has 1 atom stereocenters. The molecule has 0 aliphatic heterocycles. The quantitative estimate of drug-likeness (QED) is 0.649. The number of carbonyl (C=O) groups excluding carboxylic acids is 1. The molecule has 1 aromatic rings. The second-order valence-corrected chi connectivity index (χ2v) is 2.72. The van der Waals surface area contributed by atoms with Crippen LogP contribution in [-0.4, -0.2) is 5.78 Å². The molecule has 0 aliphatic rings. The van der Waals surface area contributed by atoms with E-state index in [2.05, 4.69) is 0 Å². The van der Waals surface area contributed by atoms with Crippen molar-refractivity contribution in [3.8, 4) is 6.07 Å². The Morgan fingerprint density at radius 1 is 1.46 bits per heavy atom. The highest BCUT2D eigenvalue weighted by Crippen LogP contribution is 2.08. The van der Waals surface area contributed by atoms with Crippen LogP contribution in [0.5, 0.6) is 0 Å². The maximum Gasteiger partial charge on any atom is 0.179 e. The molecule has 0 saturated heterocycles. The molecule has 0 fully saturated rings. The number of halogens is 1. The fraction of sp³-hybridized carbons (Fsp3) is 0.200. The molecule has 3 heteroatoms. The third-order valence-electron chi connectivity index (χ3n) is 1.72. The first-order valence-electron chi connectivity index (χ1n) is 3.84. The molecule has 66 valence electrons. The monoisotopic (exact) mass is 177 g/mol. The maximum atomic E-state index is 12.5. The van der Waals surface area contributed by atoms with E-state index in [0.717, 1.165) is 0 Å². The number of nitriles is 1. The standard InChI is InChI=1S/C10H8FNO/c1-7(6-12)10(13)8-2-4-9(11)5-3-8/h2-5,7H,1H3/t7-/m1/s1. The molecule has 0 heterocycles. The number of ketones is 1. The van der Waals surface area contributed by atoms with E-state index < -0.39 is 5.92 Å². The second kappa shape index (κ2) is 3.81. The van der Waals surface area contributed by atoms with Crippen molar-refractivity contribution in [2.75, 3.05) is 0 Å². The molecule has 0 saturated carbocycles. The van der Waals surface area contributed by atoms with Gasteiger partial charge in [0.25, 0.3) is 0 Å². The lowest BCUT2D eigenvalue weighted by Gasteiger charge is -2.00. The zero-order chi connectivity index (χ0) is 9.84. The Morgan fingerprint density at radius 2 is 2.00 bits per heavy atom. The third-order valence-corrected chi connectivity index (χ3v) is 1.72. The van der Waals surface area contributed by atoms with Crippen LogP contribution in [0.25, 0.3) is 0 Å². The number of Topliss-reactive ketones (excluding diaryl/α,β-unsaturated/α-hetero) is 1. The highest BCUT2D eigenvalue weighted by Gasteiger charge is 2.13. The van der Waals surface area contributed by atoms with Crippen LogP contribution < -0.4 is 0 Å². The largest absolute Gasteiger partial charge is 0.293 e. The minimum atomic E-state index is -0.675. The molecule has 0 spiro atoms. The minimum Gasteiger partial charge on any atom is -0.293 e. The summed E-state index contributed by atoms with van der Waals surface area (Å²) in [5.41, 5.74) is 0.371. The van der Waals surface area contributed by atoms with Crippen LogP contribution in [-0.2, 0) is 0 Å². The Morgan fingerprint density at radius 3 is 2.46 bits per heavy atom. The predicted molar refractivity (Wildman–Crippen MR) is 45.5 cm³/mol. The van der Waals surface area contributed by atoms with Crippen molar-refractivity contribution < 1.29 is 9.18 Å². The van der Waals surface area contributed by atoms with Crippen LogP contribution >= 0.6 is 0 Å². The molecule has 1 aromatic carbocycles.